The van der Waals surface area contributed by atoms with Crippen LogP contribution in [-0.2, 0) is 19.6 Å². The fourth-order valence-electron chi connectivity index (χ4n) is 3.48. The fraction of sp³-hybridized carbons (Fsp3) is 0.579. The van der Waals surface area contributed by atoms with Gasteiger partial charge in [0.1, 0.15) is 5.75 Å². The van der Waals surface area contributed by atoms with E-state index in [1.54, 1.807) is 13.0 Å². The molecular formula is C19H27N3O5S. The number of ether oxygens (including phenoxy) is 1. The normalized spacial score (nSPS) is 20.7. The van der Waals surface area contributed by atoms with Crippen LogP contribution >= 0.6 is 0 Å². The molecule has 0 aromatic heterocycles. The van der Waals surface area contributed by atoms with Gasteiger partial charge < -0.3 is 15.4 Å². The van der Waals surface area contributed by atoms with Crippen LogP contribution in [0.4, 0.5) is 5.69 Å². The number of nitrogens with zero attached hydrogens (tertiary/aromatic N) is 1. The predicted octanol–water partition coefficient (Wildman–Crippen LogP) is 1.64. The van der Waals surface area contributed by atoms with Crippen molar-refractivity contribution in [3.05, 3.63) is 17.7 Å². The minimum absolute atomic E-state index is 0.124. The van der Waals surface area contributed by atoms with E-state index < -0.39 is 10.0 Å². The summed E-state index contributed by atoms with van der Waals surface area (Å²) >= 11 is 0. The number of nitrogens with one attached hydrogen (secondary N) is 2. The lowest BCUT2D eigenvalue weighted by atomic mass is 9.97. The van der Waals surface area contributed by atoms with E-state index in [1.165, 1.54) is 10.4 Å². The molecule has 2 aliphatic heterocycles. The van der Waals surface area contributed by atoms with Crippen molar-refractivity contribution in [2.45, 2.75) is 51.0 Å². The first-order valence-corrected chi connectivity index (χ1v) is 10.8. The Hall–Kier alpha value is -2.13. The van der Waals surface area contributed by atoms with Crippen LogP contribution in [0, 0.1) is 12.8 Å². The molecule has 2 amide bonds. The molecule has 3 rings (SSSR count). The smallest absolute Gasteiger partial charge is 0.262 e. The van der Waals surface area contributed by atoms with Gasteiger partial charge in [-0.2, -0.15) is 4.31 Å². The van der Waals surface area contributed by atoms with Crippen LogP contribution in [0.2, 0.25) is 0 Å². The van der Waals surface area contributed by atoms with E-state index in [0.717, 1.165) is 0 Å². The molecule has 154 valence electrons. The fourth-order valence-corrected chi connectivity index (χ4v) is 5.23. The molecule has 1 fully saturated rings. The molecule has 2 N–H and O–H groups in total. The number of piperidine rings is 1. The molecule has 1 atom stereocenters. The molecule has 0 bridgehead atoms. The maximum Gasteiger partial charge on any atom is 0.262 e. The minimum Gasteiger partial charge on any atom is -0.482 e. The Kier molecular flexibility index (Phi) is 5.42. The highest BCUT2D eigenvalue weighted by atomic mass is 32.2. The first kappa shape index (κ1) is 20.6. The van der Waals surface area contributed by atoms with Gasteiger partial charge in [0.15, 0.2) is 6.61 Å². The van der Waals surface area contributed by atoms with Gasteiger partial charge in [-0.25, -0.2) is 8.42 Å². The van der Waals surface area contributed by atoms with Gasteiger partial charge in [0.2, 0.25) is 15.9 Å². The molecule has 1 unspecified atom stereocenters. The van der Waals surface area contributed by atoms with Crippen molar-refractivity contribution in [1.82, 2.24) is 9.62 Å². The maximum absolute atomic E-state index is 13.3. The Labute approximate surface area is 165 Å². The highest BCUT2D eigenvalue weighted by Gasteiger charge is 2.35. The number of hydrogen-bond donors (Lipinski definition) is 2. The van der Waals surface area contributed by atoms with Crippen LogP contribution in [-0.4, -0.2) is 49.8 Å². The summed E-state index contributed by atoms with van der Waals surface area (Å²) < 4.78 is 33.3. The third-order valence-corrected chi connectivity index (χ3v) is 6.79. The van der Waals surface area contributed by atoms with Crippen LogP contribution in [0.3, 0.4) is 0 Å². The zero-order chi connectivity index (χ0) is 20.7. The molecule has 0 saturated carbocycles. The van der Waals surface area contributed by atoms with Crippen LogP contribution < -0.4 is 15.4 Å². The summed E-state index contributed by atoms with van der Waals surface area (Å²) in [6.45, 7) is 7.76. The first-order chi connectivity index (χ1) is 13.0. The molecule has 1 aromatic rings. The topological polar surface area (TPSA) is 105 Å². The van der Waals surface area contributed by atoms with Gasteiger partial charge in [0.05, 0.1) is 16.5 Å². The third kappa shape index (κ3) is 4.30. The molecule has 9 heteroatoms. The number of sulfonamides is 1. The van der Waals surface area contributed by atoms with Gasteiger partial charge >= 0.3 is 0 Å². The van der Waals surface area contributed by atoms with Gasteiger partial charge in [0.25, 0.3) is 5.91 Å². The number of carbonyl (C=O) groups excluding carboxylic acids is 2. The zero-order valence-electron chi connectivity index (χ0n) is 16.7. The van der Waals surface area contributed by atoms with E-state index >= 15 is 0 Å². The van der Waals surface area contributed by atoms with Crippen molar-refractivity contribution >= 4 is 27.5 Å². The Morgan fingerprint density at radius 1 is 1.32 bits per heavy atom. The highest BCUT2D eigenvalue weighted by molar-refractivity contribution is 7.89. The Morgan fingerprint density at radius 2 is 2.04 bits per heavy atom. The third-order valence-electron chi connectivity index (χ3n) is 4.78. The monoisotopic (exact) mass is 409 g/mol. The molecular weight excluding hydrogens is 382 g/mol. The largest absolute Gasteiger partial charge is 0.482 e. The number of fused-ring (bicyclic) bond motifs is 1. The van der Waals surface area contributed by atoms with Crippen molar-refractivity contribution < 1.29 is 22.7 Å². The SMILES string of the molecule is Cc1cc2c(cc1S(=O)(=O)N1CCCC(C(=O)NC(C)(C)C)C1)OCC(=O)N2. The second-order valence-corrected chi connectivity index (χ2v) is 10.3. The molecule has 0 spiro atoms. The molecule has 2 heterocycles. The lowest BCUT2D eigenvalue weighted by Gasteiger charge is -2.33. The van der Waals surface area contributed by atoms with Crippen molar-refractivity contribution in [1.29, 1.82) is 0 Å². The standard InChI is InChI=1S/C19H27N3O5S/c1-12-8-14-15(27-11-17(23)20-14)9-16(12)28(25,26)22-7-5-6-13(10-22)18(24)21-19(2,3)4/h8-9,13H,5-7,10-11H2,1-4H3,(H,20,23)(H,21,24). The van der Waals surface area contributed by atoms with Gasteiger partial charge in [0, 0.05) is 24.7 Å². The van der Waals surface area contributed by atoms with Gasteiger partial charge in [-0.15, -0.1) is 0 Å². The minimum atomic E-state index is -3.79. The molecule has 1 saturated heterocycles. The number of aryl methyl sites for hydroxylation is 1. The Bertz CT molecular complexity index is 905. The number of carbonyl (C=O) groups is 2. The number of amides is 2. The number of rotatable bonds is 3. The quantitative estimate of drug-likeness (QED) is 0.790. The van der Waals surface area contributed by atoms with Crippen LogP contribution in [0.25, 0.3) is 0 Å². The van der Waals surface area contributed by atoms with Gasteiger partial charge in [-0.1, -0.05) is 0 Å². The molecule has 28 heavy (non-hydrogen) atoms. The van der Waals surface area contributed by atoms with Crippen molar-refractivity contribution in [2.75, 3.05) is 25.0 Å². The van der Waals surface area contributed by atoms with Crippen molar-refractivity contribution in [2.24, 2.45) is 5.92 Å². The molecule has 0 radical (unpaired) electrons. The second-order valence-electron chi connectivity index (χ2n) is 8.39. The van der Waals surface area contributed by atoms with E-state index in [1.807, 2.05) is 20.8 Å². The highest BCUT2D eigenvalue weighted by Crippen LogP contribution is 2.35. The van der Waals surface area contributed by atoms with Gasteiger partial charge in [-0.05, 0) is 52.2 Å². The van der Waals surface area contributed by atoms with Gasteiger partial charge in [-0.3, -0.25) is 9.59 Å². The van der Waals surface area contributed by atoms with Crippen molar-refractivity contribution in [3.63, 3.8) is 0 Å². The first-order valence-electron chi connectivity index (χ1n) is 9.37. The van der Waals surface area contributed by atoms with E-state index in [0.29, 0.717) is 36.4 Å². The van der Waals surface area contributed by atoms with Crippen molar-refractivity contribution in [3.8, 4) is 5.75 Å². The predicted molar refractivity (Wildman–Crippen MR) is 105 cm³/mol. The number of anilines is 1. The molecule has 0 aliphatic carbocycles. The number of hydrogen-bond acceptors (Lipinski definition) is 5. The van der Waals surface area contributed by atoms with Crippen LogP contribution in [0.1, 0.15) is 39.2 Å². The number of benzene rings is 1. The average molecular weight is 410 g/mol. The Morgan fingerprint density at radius 3 is 2.71 bits per heavy atom. The zero-order valence-corrected chi connectivity index (χ0v) is 17.5. The van der Waals surface area contributed by atoms with Crippen LogP contribution in [0.15, 0.2) is 17.0 Å². The van der Waals surface area contributed by atoms with E-state index in [-0.39, 0.29) is 41.3 Å². The summed E-state index contributed by atoms with van der Waals surface area (Å²) in [5.41, 5.74) is 0.620. The van der Waals surface area contributed by atoms with E-state index in [2.05, 4.69) is 10.6 Å². The van der Waals surface area contributed by atoms with E-state index in [4.69, 9.17) is 4.74 Å². The van der Waals surface area contributed by atoms with E-state index in [9.17, 15) is 18.0 Å². The molecule has 1 aromatic carbocycles. The summed E-state index contributed by atoms with van der Waals surface area (Å²) in [6, 6.07) is 3.06. The summed E-state index contributed by atoms with van der Waals surface area (Å²) in [6.07, 6.45) is 1.28. The maximum atomic E-state index is 13.3. The lowest BCUT2D eigenvalue weighted by Crippen LogP contribution is -2.49. The molecule has 2 aliphatic rings. The molecule has 8 nitrogen and oxygen atoms in total. The second kappa shape index (κ2) is 7.36. The van der Waals surface area contributed by atoms with Crippen LogP contribution in [0.5, 0.6) is 5.75 Å². The average Bonchev–Trinajstić information content (AvgIpc) is 2.59. The summed E-state index contributed by atoms with van der Waals surface area (Å²) in [7, 11) is -3.79. The lowest BCUT2D eigenvalue weighted by molar-refractivity contribution is -0.127. The Balaban J connectivity index is 1.84. The summed E-state index contributed by atoms with van der Waals surface area (Å²) in [5, 5.41) is 5.61. The summed E-state index contributed by atoms with van der Waals surface area (Å²) in [4.78, 5) is 24.1. The summed E-state index contributed by atoms with van der Waals surface area (Å²) in [5.74, 6) is -0.439.